The lowest BCUT2D eigenvalue weighted by molar-refractivity contribution is 0.125. The van der Waals surface area contributed by atoms with Crippen LogP contribution in [0.5, 0.6) is 0 Å². The van der Waals surface area contributed by atoms with Gasteiger partial charge in [0.1, 0.15) is 0 Å². The van der Waals surface area contributed by atoms with Crippen molar-refractivity contribution < 1.29 is 0 Å². The topological polar surface area (TPSA) is 39.7 Å². The first-order valence-corrected chi connectivity index (χ1v) is 9.55. The number of halogens is 2. The van der Waals surface area contributed by atoms with Crippen molar-refractivity contribution in [3.63, 3.8) is 0 Å². The van der Waals surface area contributed by atoms with Gasteiger partial charge in [-0.15, -0.1) is 24.0 Å². The van der Waals surface area contributed by atoms with E-state index in [9.17, 15) is 0 Å². The Labute approximate surface area is 173 Å². The smallest absolute Gasteiger partial charge is 0.191 e. The summed E-state index contributed by atoms with van der Waals surface area (Å²) in [6, 6.07) is 9.33. The molecule has 0 radical (unpaired) electrons. The van der Waals surface area contributed by atoms with Gasteiger partial charge in [-0.3, -0.25) is 9.89 Å². The number of rotatable bonds is 5. The highest BCUT2D eigenvalue weighted by Gasteiger charge is 2.30. The SMILES string of the molecule is CCNC(=NCC1CCCN(C)C1c1cccc(Cl)c1)NC1CC1.I. The number of piperidine rings is 1. The van der Waals surface area contributed by atoms with Gasteiger partial charge in [0.2, 0.25) is 0 Å². The Hall–Kier alpha value is -0.530. The lowest BCUT2D eigenvalue weighted by Gasteiger charge is -2.39. The van der Waals surface area contributed by atoms with E-state index in [-0.39, 0.29) is 24.0 Å². The maximum Gasteiger partial charge on any atom is 0.191 e. The van der Waals surface area contributed by atoms with E-state index in [0.29, 0.717) is 18.0 Å². The van der Waals surface area contributed by atoms with Crippen molar-refractivity contribution in [1.82, 2.24) is 15.5 Å². The molecule has 1 heterocycles. The summed E-state index contributed by atoms with van der Waals surface area (Å²) in [6.45, 7) is 5.01. The summed E-state index contributed by atoms with van der Waals surface area (Å²) in [6.07, 6.45) is 4.98. The molecule has 2 N–H and O–H groups in total. The van der Waals surface area contributed by atoms with Crippen LogP contribution in [0.4, 0.5) is 0 Å². The molecule has 6 heteroatoms. The van der Waals surface area contributed by atoms with E-state index in [1.165, 1.54) is 31.2 Å². The molecule has 3 rings (SSSR count). The lowest BCUT2D eigenvalue weighted by atomic mass is 9.85. The zero-order valence-corrected chi connectivity index (χ0v) is 18.3. The van der Waals surface area contributed by atoms with E-state index in [4.69, 9.17) is 16.6 Å². The van der Waals surface area contributed by atoms with Gasteiger partial charge >= 0.3 is 0 Å². The van der Waals surface area contributed by atoms with E-state index in [2.05, 4.69) is 47.7 Å². The highest BCUT2D eigenvalue weighted by Crippen LogP contribution is 2.36. The molecular formula is C19H30ClIN4. The Morgan fingerprint density at radius 3 is 2.80 bits per heavy atom. The number of nitrogens with one attached hydrogen (secondary N) is 2. The standard InChI is InChI=1S/C19H29ClN4.HI/c1-3-21-19(23-17-9-10-17)22-13-15-7-5-11-24(2)18(15)14-6-4-8-16(20)12-14;/h4,6,8,12,15,17-18H,3,5,7,9-11,13H2,1-2H3,(H2,21,22,23);1H. The van der Waals surface area contributed by atoms with Gasteiger partial charge in [0.15, 0.2) is 5.96 Å². The molecule has 2 unspecified atom stereocenters. The molecule has 25 heavy (non-hydrogen) atoms. The quantitative estimate of drug-likeness (QED) is 0.382. The third kappa shape index (κ3) is 6.00. The van der Waals surface area contributed by atoms with Gasteiger partial charge in [-0.1, -0.05) is 23.7 Å². The van der Waals surface area contributed by atoms with E-state index in [1.807, 2.05) is 6.07 Å². The van der Waals surface area contributed by atoms with Gasteiger partial charge in [-0.25, -0.2) is 0 Å². The fourth-order valence-corrected chi connectivity index (χ4v) is 3.82. The van der Waals surface area contributed by atoms with E-state index < -0.39 is 0 Å². The molecule has 0 amide bonds. The fourth-order valence-electron chi connectivity index (χ4n) is 3.62. The summed E-state index contributed by atoms with van der Waals surface area (Å²) < 4.78 is 0. The Balaban J connectivity index is 0.00000225. The maximum atomic E-state index is 6.23. The van der Waals surface area contributed by atoms with Gasteiger partial charge in [0, 0.05) is 30.2 Å². The minimum atomic E-state index is 0. The average Bonchev–Trinajstić information content (AvgIpc) is 3.37. The summed E-state index contributed by atoms with van der Waals surface area (Å²) in [7, 11) is 2.22. The van der Waals surface area contributed by atoms with Crippen LogP contribution in [0.1, 0.15) is 44.2 Å². The zero-order chi connectivity index (χ0) is 16.9. The van der Waals surface area contributed by atoms with Crippen molar-refractivity contribution in [3.05, 3.63) is 34.9 Å². The number of nitrogens with zero attached hydrogens (tertiary/aromatic N) is 2. The van der Waals surface area contributed by atoms with Crippen LogP contribution in [0.15, 0.2) is 29.3 Å². The zero-order valence-electron chi connectivity index (χ0n) is 15.2. The summed E-state index contributed by atoms with van der Waals surface area (Å²) in [5, 5.41) is 7.70. The molecule has 1 saturated heterocycles. The number of likely N-dealkylation sites (tertiary alicyclic amines) is 1. The highest BCUT2D eigenvalue weighted by atomic mass is 127. The number of aliphatic imine (C=N–C) groups is 1. The van der Waals surface area contributed by atoms with Crippen LogP contribution in [0.25, 0.3) is 0 Å². The van der Waals surface area contributed by atoms with Crippen LogP contribution in [0.2, 0.25) is 5.02 Å². The normalized spacial score (nSPS) is 24.5. The van der Waals surface area contributed by atoms with Crippen LogP contribution in [-0.4, -0.2) is 43.6 Å². The first-order chi connectivity index (χ1) is 11.7. The number of benzene rings is 1. The molecule has 1 saturated carbocycles. The van der Waals surface area contributed by atoms with E-state index in [0.717, 1.165) is 30.6 Å². The van der Waals surface area contributed by atoms with Gasteiger partial charge in [-0.2, -0.15) is 0 Å². The third-order valence-electron chi connectivity index (χ3n) is 4.94. The van der Waals surface area contributed by atoms with Crippen LogP contribution in [-0.2, 0) is 0 Å². The second kappa shape index (κ2) is 9.97. The summed E-state index contributed by atoms with van der Waals surface area (Å²) in [4.78, 5) is 7.34. The molecule has 1 aromatic rings. The predicted octanol–water partition coefficient (Wildman–Crippen LogP) is 4.06. The van der Waals surface area contributed by atoms with Crippen molar-refractivity contribution in [3.8, 4) is 0 Å². The second-order valence-electron chi connectivity index (χ2n) is 7.02. The third-order valence-corrected chi connectivity index (χ3v) is 5.18. The van der Waals surface area contributed by atoms with Gasteiger partial charge in [-0.05, 0) is 69.8 Å². The number of guanidine groups is 1. The molecule has 0 aromatic heterocycles. The molecule has 2 aliphatic rings. The fraction of sp³-hybridized carbons (Fsp3) is 0.632. The molecule has 0 spiro atoms. The number of hydrogen-bond acceptors (Lipinski definition) is 2. The van der Waals surface area contributed by atoms with Gasteiger partial charge < -0.3 is 10.6 Å². The lowest BCUT2D eigenvalue weighted by Crippen LogP contribution is -2.40. The first-order valence-electron chi connectivity index (χ1n) is 9.18. The molecule has 1 aliphatic heterocycles. The molecule has 140 valence electrons. The second-order valence-corrected chi connectivity index (χ2v) is 7.46. The summed E-state index contributed by atoms with van der Waals surface area (Å²) in [5.74, 6) is 1.50. The van der Waals surface area contributed by atoms with Crippen LogP contribution in [0.3, 0.4) is 0 Å². The predicted molar refractivity (Wildman–Crippen MR) is 117 cm³/mol. The van der Waals surface area contributed by atoms with Crippen molar-refractivity contribution in [2.45, 2.75) is 44.7 Å². The Bertz CT molecular complexity index is 576. The molecule has 4 nitrogen and oxygen atoms in total. The van der Waals surface area contributed by atoms with E-state index >= 15 is 0 Å². The minimum Gasteiger partial charge on any atom is -0.357 e. The van der Waals surface area contributed by atoms with Crippen LogP contribution >= 0.6 is 35.6 Å². The van der Waals surface area contributed by atoms with Crippen molar-refractivity contribution >= 4 is 41.5 Å². The van der Waals surface area contributed by atoms with Crippen LogP contribution < -0.4 is 10.6 Å². The molecule has 2 fully saturated rings. The monoisotopic (exact) mass is 476 g/mol. The van der Waals surface area contributed by atoms with Crippen molar-refractivity contribution in [2.75, 3.05) is 26.7 Å². The molecular weight excluding hydrogens is 447 g/mol. The average molecular weight is 477 g/mol. The first kappa shape index (κ1) is 20.8. The molecule has 1 aromatic carbocycles. The molecule has 2 atom stereocenters. The van der Waals surface area contributed by atoms with Gasteiger partial charge in [0.05, 0.1) is 0 Å². The highest BCUT2D eigenvalue weighted by molar-refractivity contribution is 14.0. The largest absolute Gasteiger partial charge is 0.357 e. The van der Waals surface area contributed by atoms with Gasteiger partial charge in [0.25, 0.3) is 0 Å². The van der Waals surface area contributed by atoms with Crippen molar-refractivity contribution in [1.29, 1.82) is 0 Å². The maximum absolute atomic E-state index is 6.23. The summed E-state index contributed by atoms with van der Waals surface area (Å²) >= 11 is 6.23. The number of hydrogen-bond donors (Lipinski definition) is 2. The Kier molecular flexibility index (Phi) is 8.29. The summed E-state index contributed by atoms with van der Waals surface area (Å²) in [5.41, 5.74) is 1.31. The Morgan fingerprint density at radius 2 is 2.12 bits per heavy atom. The minimum absolute atomic E-state index is 0. The Morgan fingerprint density at radius 1 is 1.32 bits per heavy atom. The van der Waals surface area contributed by atoms with E-state index in [1.54, 1.807) is 0 Å². The molecule has 1 aliphatic carbocycles. The van der Waals surface area contributed by atoms with Crippen molar-refractivity contribution in [2.24, 2.45) is 10.9 Å². The van der Waals surface area contributed by atoms with Crippen LogP contribution in [0, 0.1) is 5.92 Å². The molecule has 0 bridgehead atoms.